The minimum absolute atomic E-state index is 0.0418. The summed E-state index contributed by atoms with van der Waals surface area (Å²) < 4.78 is 0. The molecule has 2 heterocycles. The molecule has 1 saturated heterocycles. The molecule has 1 fully saturated rings. The van der Waals surface area contributed by atoms with Gasteiger partial charge in [0, 0.05) is 48.2 Å². The van der Waals surface area contributed by atoms with E-state index in [0.29, 0.717) is 30.2 Å². The van der Waals surface area contributed by atoms with Gasteiger partial charge in [-0.15, -0.1) is 11.3 Å². The molecule has 0 radical (unpaired) electrons. The van der Waals surface area contributed by atoms with Crippen LogP contribution in [-0.2, 0) is 0 Å². The Labute approximate surface area is 144 Å². The first-order chi connectivity index (χ1) is 11.1. The van der Waals surface area contributed by atoms with Gasteiger partial charge in [0.25, 0.3) is 5.91 Å². The molecule has 122 valence electrons. The molecule has 0 spiro atoms. The average Bonchev–Trinajstić information content (AvgIpc) is 3.10. The third kappa shape index (κ3) is 4.12. The molecule has 0 saturated carbocycles. The first-order valence-electron chi connectivity index (χ1n) is 7.62. The van der Waals surface area contributed by atoms with Gasteiger partial charge in [0.1, 0.15) is 6.10 Å². The highest BCUT2D eigenvalue weighted by molar-refractivity contribution is 7.10. The second-order valence-corrected chi connectivity index (χ2v) is 7.05. The minimum atomic E-state index is -0.450. The molecule has 1 N–H and O–H groups in total. The number of carbonyl (C=O) groups is 1. The number of carbonyl (C=O) groups excluding carboxylic acids is 1. The Hall–Kier alpha value is -1.40. The third-order valence-electron chi connectivity index (χ3n) is 4.05. The number of hydrogen-bond donors (Lipinski definition) is 1. The van der Waals surface area contributed by atoms with Crippen LogP contribution >= 0.6 is 22.9 Å². The van der Waals surface area contributed by atoms with Crippen LogP contribution < -0.4 is 0 Å². The SMILES string of the molecule is O=C(c1ccc(Cl)cc1)N1CCN(CC(O)c2cccs2)CC1. The van der Waals surface area contributed by atoms with E-state index in [4.69, 9.17) is 11.6 Å². The summed E-state index contributed by atoms with van der Waals surface area (Å²) in [4.78, 5) is 17.5. The van der Waals surface area contributed by atoms with E-state index in [9.17, 15) is 9.90 Å². The fourth-order valence-electron chi connectivity index (χ4n) is 2.72. The first kappa shape index (κ1) is 16.5. The molecule has 23 heavy (non-hydrogen) atoms. The highest BCUT2D eigenvalue weighted by Crippen LogP contribution is 2.20. The van der Waals surface area contributed by atoms with Crippen LogP contribution in [0.2, 0.25) is 5.02 Å². The topological polar surface area (TPSA) is 43.8 Å². The molecule has 1 aliphatic rings. The number of β-amino-alcohol motifs (C(OH)–C–C–N with tert-alkyl or cyclic N) is 1. The van der Waals surface area contributed by atoms with E-state index in [-0.39, 0.29) is 5.91 Å². The van der Waals surface area contributed by atoms with Crippen LogP contribution in [0.5, 0.6) is 0 Å². The van der Waals surface area contributed by atoms with Crippen molar-refractivity contribution in [1.29, 1.82) is 0 Å². The molecule has 0 aliphatic carbocycles. The van der Waals surface area contributed by atoms with Crippen molar-refractivity contribution >= 4 is 28.8 Å². The van der Waals surface area contributed by atoms with E-state index in [2.05, 4.69) is 4.90 Å². The Morgan fingerprint density at radius 2 is 1.87 bits per heavy atom. The Morgan fingerprint density at radius 3 is 2.48 bits per heavy atom. The van der Waals surface area contributed by atoms with E-state index in [0.717, 1.165) is 18.0 Å². The molecule has 1 amide bonds. The molecule has 1 atom stereocenters. The van der Waals surface area contributed by atoms with Crippen LogP contribution in [0.1, 0.15) is 21.3 Å². The molecule has 1 unspecified atom stereocenters. The van der Waals surface area contributed by atoms with Crippen molar-refractivity contribution in [3.63, 3.8) is 0 Å². The number of nitrogens with zero attached hydrogens (tertiary/aromatic N) is 2. The van der Waals surface area contributed by atoms with Crippen molar-refractivity contribution < 1.29 is 9.90 Å². The maximum Gasteiger partial charge on any atom is 0.253 e. The summed E-state index contributed by atoms with van der Waals surface area (Å²) in [6.45, 7) is 3.53. The zero-order valence-electron chi connectivity index (χ0n) is 12.7. The molecular formula is C17H19ClN2O2S. The van der Waals surface area contributed by atoms with Crippen LogP contribution in [0.25, 0.3) is 0 Å². The van der Waals surface area contributed by atoms with Crippen molar-refractivity contribution in [1.82, 2.24) is 9.80 Å². The normalized spacial score (nSPS) is 17.2. The number of aliphatic hydroxyl groups is 1. The molecule has 1 aliphatic heterocycles. The molecule has 0 bridgehead atoms. The van der Waals surface area contributed by atoms with Crippen molar-refractivity contribution in [2.45, 2.75) is 6.10 Å². The smallest absolute Gasteiger partial charge is 0.253 e. The summed E-state index contributed by atoms with van der Waals surface area (Å²) in [6.07, 6.45) is -0.450. The van der Waals surface area contributed by atoms with Gasteiger partial charge >= 0.3 is 0 Å². The third-order valence-corrected chi connectivity index (χ3v) is 5.28. The summed E-state index contributed by atoms with van der Waals surface area (Å²) in [5, 5.41) is 12.8. The standard InChI is InChI=1S/C17H19ClN2O2S/c18-14-5-3-13(4-6-14)17(22)20-9-7-19(8-10-20)12-15(21)16-2-1-11-23-16/h1-6,11,15,21H,7-10,12H2. The molecule has 2 aromatic rings. The second kappa shape index (κ2) is 7.45. The van der Waals surface area contributed by atoms with Gasteiger partial charge in [0.15, 0.2) is 0 Å². The predicted molar refractivity (Wildman–Crippen MR) is 93.1 cm³/mol. The van der Waals surface area contributed by atoms with Gasteiger partial charge in [-0.2, -0.15) is 0 Å². The van der Waals surface area contributed by atoms with E-state index in [1.54, 1.807) is 35.6 Å². The maximum absolute atomic E-state index is 12.4. The van der Waals surface area contributed by atoms with Gasteiger partial charge in [-0.3, -0.25) is 9.69 Å². The Morgan fingerprint density at radius 1 is 1.17 bits per heavy atom. The molecule has 1 aromatic carbocycles. The van der Waals surface area contributed by atoms with E-state index < -0.39 is 6.10 Å². The number of amides is 1. The van der Waals surface area contributed by atoms with Crippen LogP contribution in [0.3, 0.4) is 0 Å². The van der Waals surface area contributed by atoms with Gasteiger partial charge in [-0.1, -0.05) is 17.7 Å². The number of aliphatic hydroxyl groups excluding tert-OH is 1. The Bertz CT molecular complexity index is 637. The lowest BCUT2D eigenvalue weighted by Crippen LogP contribution is -2.49. The summed E-state index contributed by atoms with van der Waals surface area (Å²) in [7, 11) is 0. The molecule has 1 aromatic heterocycles. The van der Waals surface area contributed by atoms with E-state index in [1.807, 2.05) is 22.4 Å². The quantitative estimate of drug-likeness (QED) is 0.922. The fourth-order valence-corrected chi connectivity index (χ4v) is 3.55. The maximum atomic E-state index is 12.4. The number of hydrogen-bond acceptors (Lipinski definition) is 4. The number of piperazine rings is 1. The summed E-state index contributed by atoms with van der Waals surface area (Å²) in [5.74, 6) is 0.0418. The number of rotatable bonds is 4. The van der Waals surface area contributed by atoms with E-state index >= 15 is 0 Å². The van der Waals surface area contributed by atoms with Gasteiger partial charge < -0.3 is 10.0 Å². The highest BCUT2D eigenvalue weighted by atomic mass is 35.5. The number of benzene rings is 1. The molecule has 6 heteroatoms. The lowest BCUT2D eigenvalue weighted by Gasteiger charge is -2.35. The van der Waals surface area contributed by atoms with Gasteiger partial charge in [-0.05, 0) is 35.7 Å². The second-order valence-electron chi connectivity index (χ2n) is 5.63. The van der Waals surface area contributed by atoms with Crippen molar-refractivity contribution in [2.75, 3.05) is 32.7 Å². The number of halogens is 1. The van der Waals surface area contributed by atoms with Crippen molar-refractivity contribution in [3.8, 4) is 0 Å². The lowest BCUT2D eigenvalue weighted by atomic mass is 10.1. The first-order valence-corrected chi connectivity index (χ1v) is 8.88. The van der Waals surface area contributed by atoms with Gasteiger partial charge in [0.2, 0.25) is 0 Å². The van der Waals surface area contributed by atoms with Crippen LogP contribution in [0.4, 0.5) is 0 Å². The minimum Gasteiger partial charge on any atom is -0.386 e. The van der Waals surface area contributed by atoms with Crippen molar-refractivity contribution in [3.05, 3.63) is 57.2 Å². The summed E-state index contributed by atoms with van der Waals surface area (Å²) in [5.41, 5.74) is 0.668. The number of thiophene rings is 1. The molecular weight excluding hydrogens is 332 g/mol. The Kier molecular flexibility index (Phi) is 5.33. The molecule has 3 rings (SSSR count). The van der Waals surface area contributed by atoms with E-state index in [1.165, 1.54) is 0 Å². The fraction of sp³-hybridized carbons (Fsp3) is 0.353. The van der Waals surface area contributed by atoms with Crippen LogP contribution in [0, 0.1) is 0 Å². The monoisotopic (exact) mass is 350 g/mol. The van der Waals surface area contributed by atoms with Gasteiger partial charge in [-0.25, -0.2) is 0 Å². The zero-order chi connectivity index (χ0) is 16.2. The Balaban J connectivity index is 1.52. The zero-order valence-corrected chi connectivity index (χ0v) is 14.3. The van der Waals surface area contributed by atoms with Crippen LogP contribution in [0.15, 0.2) is 41.8 Å². The van der Waals surface area contributed by atoms with Gasteiger partial charge in [0.05, 0.1) is 0 Å². The van der Waals surface area contributed by atoms with Crippen molar-refractivity contribution in [2.24, 2.45) is 0 Å². The summed E-state index contributed by atoms with van der Waals surface area (Å²) in [6, 6.07) is 10.9. The molecule has 4 nitrogen and oxygen atoms in total. The highest BCUT2D eigenvalue weighted by Gasteiger charge is 2.23. The average molecular weight is 351 g/mol. The van der Waals surface area contributed by atoms with Crippen LogP contribution in [-0.4, -0.2) is 53.5 Å². The lowest BCUT2D eigenvalue weighted by molar-refractivity contribution is 0.0533. The largest absolute Gasteiger partial charge is 0.386 e. The summed E-state index contributed by atoms with van der Waals surface area (Å²) >= 11 is 7.43. The predicted octanol–water partition coefficient (Wildman–Crippen LogP) is 2.89.